The maximum Gasteiger partial charge on any atom is 0.190 e. The zero-order valence-corrected chi connectivity index (χ0v) is 18.3. The van der Waals surface area contributed by atoms with Gasteiger partial charge in [0.05, 0.1) is 5.01 Å². The predicted octanol–water partition coefficient (Wildman–Crippen LogP) is 3.46. The van der Waals surface area contributed by atoms with Gasteiger partial charge in [0.25, 0.3) is 0 Å². The van der Waals surface area contributed by atoms with Crippen molar-refractivity contribution in [1.29, 1.82) is 0 Å². The molecule has 1 fully saturated rings. The minimum atomic E-state index is -0.102. The molecule has 0 radical (unpaired) electrons. The molecule has 2 heterocycles. The van der Waals surface area contributed by atoms with Crippen LogP contribution in [0.2, 0.25) is 0 Å². The van der Waals surface area contributed by atoms with E-state index in [0.29, 0.717) is 12.5 Å². The van der Waals surface area contributed by atoms with Crippen molar-refractivity contribution in [2.24, 2.45) is 10.9 Å². The molecule has 1 aromatic heterocycles. The largest absolute Gasteiger partial charge is 0.356 e. The van der Waals surface area contributed by atoms with Crippen LogP contribution in [0.15, 0.2) is 35.5 Å². The van der Waals surface area contributed by atoms with Crippen molar-refractivity contribution in [3.8, 4) is 0 Å². The van der Waals surface area contributed by atoms with E-state index in [0.717, 1.165) is 63.4 Å². The zero-order valence-electron chi connectivity index (χ0n) is 17.5. The smallest absolute Gasteiger partial charge is 0.190 e. The Balaban J connectivity index is 1.33. The van der Waals surface area contributed by atoms with Crippen molar-refractivity contribution in [3.05, 3.63) is 51.7 Å². The van der Waals surface area contributed by atoms with Crippen LogP contribution in [0.5, 0.6) is 0 Å². The van der Waals surface area contributed by atoms with Gasteiger partial charge in [-0.15, -0.1) is 11.3 Å². The van der Waals surface area contributed by atoms with Crippen molar-refractivity contribution in [2.75, 3.05) is 33.2 Å². The zero-order chi connectivity index (χ0) is 20.5. The Kier molecular flexibility index (Phi) is 8.43. The standard InChI is InChI=1S/C22H32FN5S/c1-3-19-15-26-21(29-19)8-11-25-22(24-2)27-14-17-9-12-28(13-10-17)16-18-6-4-5-7-20(18)23/h4-7,15,17H,3,8-14,16H2,1-2H3,(H2,24,25,27). The molecule has 0 bridgehead atoms. The number of rotatable bonds is 8. The fourth-order valence-electron chi connectivity index (χ4n) is 3.59. The van der Waals surface area contributed by atoms with Gasteiger partial charge in [-0.2, -0.15) is 0 Å². The first-order valence-corrected chi connectivity index (χ1v) is 11.3. The third-order valence-corrected chi connectivity index (χ3v) is 6.62. The topological polar surface area (TPSA) is 52.6 Å². The van der Waals surface area contributed by atoms with E-state index >= 15 is 0 Å². The molecule has 3 rings (SSSR count). The summed E-state index contributed by atoms with van der Waals surface area (Å²) in [7, 11) is 1.81. The van der Waals surface area contributed by atoms with Crippen molar-refractivity contribution < 1.29 is 4.39 Å². The summed E-state index contributed by atoms with van der Waals surface area (Å²) in [5.74, 6) is 1.37. The Morgan fingerprint density at radius 3 is 2.76 bits per heavy atom. The van der Waals surface area contributed by atoms with Crippen LogP contribution in [0.4, 0.5) is 4.39 Å². The summed E-state index contributed by atoms with van der Waals surface area (Å²) in [5, 5.41) is 8.02. The Bertz CT molecular complexity index is 783. The highest BCUT2D eigenvalue weighted by atomic mass is 32.1. The normalized spacial score (nSPS) is 16.2. The monoisotopic (exact) mass is 417 g/mol. The Morgan fingerprint density at radius 2 is 2.07 bits per heavy atom. The van der Waals surface area contributed by atoms with Gasteiger partial charge >= 0.3 is 0 Å². The van der Waals surface area contributed by atoms with E-state index in [4.69, 9.17) is 0 Å². The maximum absolute atomic E-state index is 13.8. The number of hydrogen-bond acceptors (Lipinski definition) is 4. The molecule has 1 aliphatic rings. The molecule has 0 amide bonds. The third-order valence-electron chi connectivity index (χ3n) is 5.42. The molecule has 0 saturated carbocycles. The molecular formula is C22H32FN5S. The summed E-state index contributed by atoms with van der Waals surface area (Å²) in [6, 6.07) is 7.08. The molecule has 1 aromatic carbocycles. The first-order valence-electron chi connectivity index (χ1n) is 10.5. The van der Waals surface area contributed by atoms with Crippen LogP contribution in [0.25, 0.3) is 0 Å². The lowest BCUT2D eigenvalue weighted by atomic mass is 9.96. The van der Waals surface area contributed by atoms with Gasteiger partial charge in [-0.25, -0.2) is 9.37 Å². The van der Waals surface area contributed by atoms with Gasteiger partial charge in [0.15, 0.2) is 5.96 Å². The van der Waals surface area contributed by atoms with Crippen molar-refractivity contribution in [1.82, 2.24) is 20.5 Å². The number of aromatic nitrogens is 1. The van der Waals surface area contributed by atoms with Crippen LogP contribution >= 0.6 is 11.3 Å². The van der Waals surface area contributed by atoms with Gasteiger partial charge in [-0.05, 0) is 44.3 Å². The lowest BCUT2D eigenvalue weighted by molar-refractivity contribution is 0.176. The number of benzene rings is 1. The lowest BCUT2D eigenvalue weighted by Crippen LogP contribution is -2.43. The van der Waals surface area contributed by atoms with Crippen LogP contribution in [-0.2, 0) is 19.4 Å². The van der Waals surface area contributed by atoms with E-state index in [2.05, 4.69) is 32.4 Å². The average molecular weight is 418 g/mol. The van der Waals surface area contributed by atoms with Crippen LogP contribution in [0, 0.1) is 11.7 Å². The van der Waals surface area contributed by atoms with E-state index in [9.17, 15) is 4.39 Å². The number of likely N-dealkylation sites (tertiary alicyclic amines) is 1. The molecule has 1 saturated heterocycles. The van der Waals surface area contributed by atoms with E-state index in [1.165, 1.54) is 9.88 Å². The van der Waals surface area contributed by atoms with E-state index in [1.54, 1.807) is 23.5 Å². The number of aliphatic imine (C=N–C) groups is 1. The SMILES string of the molecule is CCc1cnc(CCNC(=NC)NCC2CCN(Cc3ccccc3F)CC2)s1. The molecule has 7 heteroatoms. The van der Waals surface area contributed by atoms with E-state index in [-0.39, 0.29) is 5.82 Å². The summed E-state index contributed by atoms with van der Waals surface area (Å²) >= 11 is 1.79. The summed E-state index contributed by atoms with van der Waals surface area (Å²) in [6.45, 7) is 6.63. The summed E-state index contributed by atoms with van der Waals surface area (Å²) in [5.41, 5.74) is 0.792. The number of guanidine groups is 1. The number of piperidine rings is 1. The summed E-state index contributed by atoms with van der Waals surface area (Å²) in [4.78, 5) is 12.5. The van der Waals surface area contributed by atoms with Gasteiger partial charge in [0, 0.05) is 49.7 Å². The Hall–Kier alpha value is -1.99. The number of thiazole rings is 1. The van der Waals surface area contributed by atoms with Gasteiger partial charge < -0.3 is 10.6 Å². The second-order valence-corrected chi connectivity index (χ2v) is 8.71. The predicted molar refractivity (Wildman–Crippen MR) is 119 cm³/mol. The minimum absolute atomic E-state index is 0.102. The first-order chi connectivity index (χ1) is 14.2. The van der Waals surface area contributed by atoms with Crippen LogP contribution in [0.3, 0.4) is 0 Å². The molecule has 2 N–H and O–H groups in total. The summed E-state index contributed by atoms with van der Waals surface area (Å²) in [6.07, 6.45) is 6.19. The van der Waals surface area contributed by atoms with Crippen LogP contribution < -0.4 is 10.6 Å². The lowest BCUT2D eigenvalue weighted by Gasteiger charge is -2.32. The molecule has 0 atom stereocenters. The average Bonchev–Trinajstić information content (AvgIpc) is 3.21. The highest BCUT2D eigenvalue weighted by Gasteiger charge is 2.20. The van der Waals surface area contributed by atoms with Gasteiger partial charge in [-0.3, -0.25) is 9.89 Å². The highest BCUT2D eigenvalue weighted by Crippen LogP contribution is 2.19. The fraction of sp³-hybridized carbons (Fsp3) is 0.545. The number of hydrogen-bond donors (Lipinski definition) is 2. The van der Waals surface area contributed by atoms with Crippen LogP contribution in [-0.4, -0.2) is 49.1 Å². The molecule has 158 valence electrons. The molecule has 0 aliphatic carbocycles. The molecule has 2 aromatic rings. The second kappa shape index (κ2) is 11.3. The second-order valence-electron chi connectivity index (χ2n) is 7.51. The first kappa shape index (κ1) is 21.7. The molecule has 0 spiro atoms. The Labute approximate surface area is 177 Å². The molecule has 0 unspecified atom stereocenters. The Morgan fingerprint density at radius 1 is 1.28 bits per heavy atom. The molecule has 29 heavy (non-hydrogen) atoms. The fourth-order valence-corrected chi connectivity index (χ4v) is 4.45. The molecule has 5 nitrogen and oxygen atoms in total. The van der Waals surface area contributed by atoms with Crippen molar-refractivity contribution >= 4 is 17.3 Å². The minimum Gasteiger partial charge on any atom is -0.356 e. The third kappa shape index (κ3) is 6.78. The van der Waals surface area contributed by atoms with E-state index in [1.807, 2.05) is 25.4 Å². The molecular weight excluding hydrogens is 385 g/mol. The summed E-state index contributed by atoms with van der Waals surface area (Å²) < 4.78 is 13.8. The molecule has 1 aliphatic heterocycles. The van der Waals surface area contributed by atoms with Crippen LogP contribution in [0.1, 0.15) is 35.2 Å². The number of aryl methyl sites for hydroxylation is 1. The number of halogens is 1. The number of nitrogens with one attached hydrogen (secondary N) is 2. The van der Waals surface area contributed by atoms with Gasteiger partial charge in [0.2, 0.25) is 0 Å². The van der Waals surface area contributed by atoms with Crippen molar-refractivity contribution in [2.45, 2.75) is 39.2 Å². The quantitative estimate of drug-likeness (QED) is 0.510. The van der Waals surface area contributed by atoms with Gasteiger partial charge in [0.1, 0.15) is 5.82 Å². The van der Waals surface area contributed by atoms with E-state index < -0.39 is 0 Å². The maximum atomic E-state index is 13.8. The van der Waals surface area contributed by atoms with Gasteiger partial charge in [-0.1, -0.05) is 25.1 Å². The van der Waals surface area contributed by atoms with Crippen molar-refractivity contribution in [3.63, 3.8) is 0 Å². The number of nitrogens with zero attached hydrogens (tertiary/aromatic N) is 3. The highest BCUT2D eigenvalue weighted by molar-refractivity contribution is 7.11.